The summed E-state index contributed by atoms with van der Waals surface area (Å²) in [6, 6.07) is 56.0. The van der Waals surface area contributed by atoms with Crippen molar-refractivity contribution in [2.24, 2.45) is 0 Å². The van der Waals surface area contributed by atoms with E-state index in [1.807, 2.05) is 60.7 Å². The van der Waals surface area contributed by atoms with E-state index in [0.29, 0.717) is 17.5 Å². The van der Waals surface area contributed by atoms with Crippen LogP contribution in [0.2, 0.25) is 0 Å². The van der Waals surface area contributed by atoms with Gasteiger partial charge in [-0.2, -0.15) is 0 Å². The molecule has 0 saturated carbocycles. The van der Waals surface area contributed by atoms with Crippen LogP contribution in [-0.4, -0.2) is 15.0 Å². The van der Waals surface area contributed by atoms with Gasteiger partial charge in [0.15, 0.2) is 17.5 Å². The Morgan fingerprint density at radius 2 is 1.08 bits per heavy atom. The first-order valence-electron chi connectivity index (χ1n) is 18.2. The third-order valence-electron chi connectivity index (χ3n) is 11.4. The Labute approximate surface area is 307 Å². The maximum atomic E-state index is 6.55. The van der Waals surface area contributed by atoms with E-state index >= 15 is 0 Å². The SMILES string of the molecule is CC1(C)c2ccccc2-c2cc3c(cc21)C(c1ccc2oc4cc(-c5nc(-c6ccccc6)nc(-c6ccccc6)n5)ccc4c2c1)c1ccccc1-3. The predicted octanol–water partition coefficient (Wildman–Crippen LogP) is 12.2. The highest BCUT2D eigenvalue weighted by Crippen LogP contribution is 2.55. The molecule has 0 amide bonds. The molecule has 7 aromatic carbocycles. The zero-order chi connectivity index (χ0) is 35.3. The number of aromatic nitrogens is 3. The fraction of sp³-hybridized carbons (Fsp3) is 0.0816. The van der Waals surface area contributed by atoms with Crippen molar-refractivity contribution in [1.82, 2.24) is 15.0 Å². The van der Waals surface area contributed by atoms with Gasteiger partial charge in [-0.15, -0.1) is 0 Å². The molecule has 0 fully saturated rings. The summed E-state index contributed by atoms with van der Waals surface area (Å²) in [5, 5.41) is 2.18. The highest BCUT2D eigenvalue weighted by atomic mass is 16.3. The van der Waals surface area contributed by atoms with Crippen LogP contribution in [0.4, 0.5) is 0 Å². The minimum atomic E-state index is -0.0645. The molecule has 53 heavy (non-hydrogen) atoms. The van der Waals surface area contributed by atoms with Crippen molar-refractivity contribution in [3.63, 3.8) is 0 Å². The van der Waals surface area contributed by atoms with Gasteiger partial charge in [-0.05, 0) is 80.4 Å². The van der Waals surface area contributed by atoms with Gasteiger partial charge < -0.3 is 4.42 Å². The monoisotopic (exact) mass is 679 g/mol. The second-order valence-electron chi connectivity index (χ2n) is 14.8. The molecule has 0 saturated heterocycles. The van der Waals surface area contributed by atoms with Gasteiger partial charge in [0.1, 0.15) is 11.2 Å². The summed E-state index contributed by atoms with van der Waals surface area (Å²) in [5.41, 5.74) is 16.5. The van der Waals surface area contributed by atoms with Gasteiger partial charge in [0.2, 0.25) is 0 Å². The highest BCUT2D eigenvalue weighted by Gasteiger charge is 2.39. The topological polar surface area (TPSA) is 51.8 Å². The van der Waals surface area contributed by atoms with Crippen molar-refractivity contribution < 1.29 is 4.42 Å². The number of benzene rings is 7. The molecule has 250 valence electrons. The summed E-state index contributed by atoms with van der Waals surface area (Å²) in [4.78, 5) is 14.8. The molecule has 0 radical (unpaired) electrons. The Morgan fingerprint density at radius 3 is 1.81 bits per heavy atom. The van der Waals surface area contributed by atoms with Gasteiger partial charge in [0, 0.05) is 38.8 Å². The number of nitrogens with zero attached hydrogens (tertiary/aromatic N) is 3. The lowest BCUT2D eigenvalue weighted by Crippen LogP contribution is -2.15. The number of hydrogen-bond donors (Lipinski definition) is 0. The lowest BCUT2D eigenvalue weighted by molar-refractivity contribution is 0.659. The summed E-state index contributed by atoms with van der Waals surface area (Å²) in [7, 11) is 0. The Bertz CT molecular complexity index is 2870. The van der Waals surface area contributed by atoms with Crippen LogP contribution in [0, 0.1) is 0 Å². The minimum Gasteiger partial charge on any atom is -0.456 e. The Kier molecular flexibility index (Phi) is 6.33. The van der Waals surface area contributed by atoms with Crippen LogP contribution in [0.1, 0.15) is 47.6 Å². The van der Waals surface area contributed by atoms with Gasteiger partial charge in [-0.1, -0.05) is 141 Å². The maximum Gasteiger partial charge on any atom is 0.164 e. The summed E-state index contributed by atoms with van der Waals surface area (Å²) in [5.74, 6) is 2.01. The number of rotatable bonds is 4. The van der Waals surface area contributed by atoms with E-state index in [-0.39, 0.29) is 11.3 Å². The smallest absolute Gasteiger partial charge is 0.164 e. The second kappa shape index (κ2) is 11.2. The lowest BCUT2D eigenvalue weighted by atomic mass is 9.80. The molecule has 2 aliphatic carbocycles. The Morgan fingerprint density at radius 1 is 0.434 bits per heavy atom. The average molecular weight is 680 g/mol. The fourth-order valence-corrected chi connectivity index (χ4v) is 8.81. The normalized spacial score (nSPS) is 14.9. The van der Waals surface area contributed by atoms with Crippen molar-refractivity contribution in [1.29, 1.82) is 0 Å². The van der Waals surface area contributed by atoms with Gasteiger partial charge in [0.05, 0.1) is 0 Å². The maximum absolute atomic E-state index is 6.55. The van der Waals surface area contributed by atoms with Crippen molar-refractivity contribution >= 4 is 21.9 Å². The largest absolute Gasteiger partial charge is 0.456 e. The molecule has 2 aliphatic rings. The summed E-state index contributed by atoms with van der Waals surface area (Å²) < 4.78 is 6.55. The van der Waals surface area contributed by atoms with Crippen LogP contribution in [0.5, 0.6) is 0 Å². The van der Waals surface area contributed by atoms with Crippen LogP contribution < -0.4 is 0 Å². The first-order chi connectivity index (χ1) is 26.0. The first kappa shape index (κ1) is 30.0. The molecular weight excluding hydrogens is 647 g/mol. The van der Waals surface area contributed by atoms with E-state index in [1.54, 1.807) is 0 Å². The fourth-order valence-electron chi connectivity index (χ4n) is 8.81. The van der Waals surface area contributed by atoms with Crippen LogP contribution in [0.25, 0.3) is 78.4 Å². The molecule has 2 heterocycles. The van der Waals surface area contributed by atoms with Crippen LogP contribution in [-0.2, 0) is 5.41 Å². The van der Waals surface area contributed by atoms with Gasteiger partial charge in [-0.25, -0.2) is 15.0 Å². The average Bonchev–Trinajstić information content (AvgIpc) is 3.82. The third-order valence-corrected chi connectivity index (χ3v) is 11.4. The number of furan rings is 1. The Balaban J connectivity index is 1.04. The summed E-state index contributed by atoms with van der Waals surface area (Å²) >= 11 is 0. The zero-order valence-electron chi connectivity index (χ0n) is 29.3. The second-order valence-corrected chi connectivity index (χ2v) is 14.8. The molecule has 0 spiro atoms. The van der Waals surface area contributed by atoms with Crippen LogP contribution in [0.15, 0.2) is 162 Å². The lowest BCUT2D eigenvalue weighted by Gasteiger charge is -2.23. The van der Waals surface area contributed by atoms with Crippen LogP contribution in [0.3, 0.4) is 0 Å². The van der Waals surface area contributed by atoms with Gasteiger partial charge >= 0.3 is 0 Å². The molecule has 4 heteroatoms. The molecule has 4 nitrogen and oxygen atoms in total. The molecule has 1 atom stereocenters. The molecule has 9 aromatic rings. The Hall–Kier alpha value is -6.65. The van der Waals surface area contributed by atoms with E-state index in [1.165, 1.54) is 50.1 Å². The molecule has 0 bridgehead atoms. The molecule has 1 unspecified atom stereocenters. The van der Waals surface area contributed by atoms with Gasteiger partial charge in [-0.3, -0.25) is 0 Å². The van der Waals surface area contributed by atoms with E-state index < -0.39 is 0 Å². The zero-order valence-corrected chi connectivity index (χ0v) is 29.3. The third kappa shape index (κ3) is 4.52. The van der Waals surface area contributed by atoms with E-state index in [0.717, 1.165) is 38.6 Å². The van der Waals surface area contributed by atoms with Crippen molar-refractivity contribution in [2.75, 3.05) is 0 Å². The standard InChI is InChI=1S/C49H33N3O/c1-49(2)41-20-12-11-18-34(41)38-27-37-33-17-9-10-19-36(33)45(40(37)28-42(38)49)31-22-24-43-39(25-31)35-23-21-32(26-44(35)53-43)48-51-46(29-13-5-3-6-14-29)50-47(52-48)30-15-7-4-8-16-30/h3-28,45H,1-2H3. The van der Waals surface area contributed by atoms with E-state index in [2.05, 4.69) is 111 Å². The number of hydrogen-bond acceptors (Lipinski definition) is 4. The van der Waals surface area contributed by atoms with Crippen molar-refractivity contribution in [3.8, 4) is 56.4 Å². The summed E-state index contributed by atoms with van der Waals surface area (Å²) in [6.07, 6.45) is 0. The van der Waals surface area contributed by atoms with Crippen LogP contribution >= 0.6 is 0 Å². The molecular formula is C49H33N3O. The van der Waals surface area contributed by atoms with E-state index in [9.17, 15) is 0 Å². The molecule has 2 aromatic heterocycles. The van der Waals surface area contributed by atoms with Crippen molar-refractivity contribution in [3.05, 3.63) is 186 Å². The van der Waals surface area contributed by atoms with Gasteiger partial charge in [0.25, 0.3) is 0 Å². The minimum absolute atomic E-state index is 0.0645. The molecule has 0 N–H and O–H groups in total. The molecule has 0 aliphatic heterocycles. The number of fused-ring (bicyclic) bond motifs is 9. The van der Waals surface area contributed by atoms with E-state index in [4.69, 9.17) is 19.4 Å². The first-order valence-corrected chi connectivity index (χ1v) is 18.2. The predicted molar refractivity (Wildman–Crippen MR) is 214 cm³/mol. The van der Waals surface area contributed by atoms with Crippen molar-refractivity contribution in [2.45, 2.75) is 25.2 Å². The summed E-state index contributed by atoms with van der Waals surface area (Å²) in [6.45, 7) is 4.72. The molecule has 11 rings (SSSR count). The highest BCUT2D eigenvalue weighted by molar-refractivity contribution is 6.06. The quantitative estimate of drug-likeness (QED) is 0.186.